The van der Waals surface area contributed by atoms with E-state index < -0.39 is 11.9 Å². The van der Waals surface area contributed by atoms with Crippen molar-refractivity contribution in [3.63, 3.8) is 0 Å². The highest BCUT2D eigenvalue weighted by atomic mass is 16.4. The van der Waals surface area contributed by atoms with E-state index in [0.717, 1.165) is 5.56 Å². The van der Waals surface area contributed by atoms with Crippen LogP contribution in [0.15, 0.2) is 66.4 Å². The number of carbonyl (C=O) groups is 2. The number of hydrogen-bond acceptors (Lipinski definition) is 4. The smallest absolute Gasteiger partial charge is 0.337 e. The van der Waals surface area contributed by atoms with Crippen LogP contribution in [-0.2, 0) is 11.3 Å². The van der Waals surface area contributed by atoms with Crippen LogP contribution < -0.4 is 10.6 Å². The first kappa shape index (κ1) is 16.8. The minimum Gasteiger partial charge on any atom is -0.478 e. The van der Waals surface area contributed by atoms with Crippen molar-refractivity contribution in [3.05, 3.63) is 77.5 Å². The molecule has 0 fully saturated rings. The van der Waals surface area contributed by atoms with E-state index in [4.69, 9.17) is 10.4 Å². The van der Waals surface area contributed by atoms with Crippen LogP contribution in [0.2, 0.25) is 0 Å². The highest BCUT2D eigenvalue weighted by molar-refractivity contribution is 5.98. The maximum atomic E-state index is 12.0. The summed E-state index contributed by atoms with van der Waals surface area (Å²) in [5, 5.41) is 23.6. The lowest BCUT2D eigenvalue weighted by molar-refractivity contribution is -0.117. The van der Waals surface area contributed by atoms with Gasteiger partial charge >= 0.3 is 5.97 Å². The van der Waals surface area contributed by atoms with Crippen molar-refractivity contribution in [3.8, 4) is 6.07 Å². The van der Waals surface area contributed by atoms with Crippen molar-refractivity contribution < 1.29 is 14.7 Å². The van der Waals surface area contributed by atoms with Crippen molar-refractivity contribution in [2.45, 2.75) is 6.54 Å². The van der Waals surface area contributed by atoms with Crippen LogP contribution in [0.4, 0.5) is 5.69 Å². The molecule has 2 aromatic carbocycles. The lowest BCUT2D eigenvalue weighted by Gasteiger charge is -2.07. The Morgan fingerprint density at radius 2 is 1.75 bits per heavy atom. The highest BCUT2D eigenvalue weighted by Gasteiger charge is 2.11. The number of rotatable bonds is 6. The molecule has 2 aromatic rings. The van der Waals surface area contributed by atoms with Crippen molar-refractivity contribution in [1.29, 1.82) is 5.26 Å². The van der Waals surface area contributed by atoms with E-state index in [2.05, 4.69) is 10.6 Å². The third-order valence-electron chi connectivity index (χ3n) is 3.19. The Kier molecular flexibility index (Phi) is 5.70. The van der Waals surface area contributed by atoms with Crippen molar-refractivity contribution in [2.75, 3.05) is 5.32 Å². The van der Waals surface area contributed by atoms with Gasteiger partial charge in [0.15, 0.2) is 0 Å². The number of aromatic carboxylic acids is 1. The largest absolute Gasteiger partial charge is 0.478 e. The van der Waals surface area contributed by atoms with E-state index in [0.29, 0.717) is 12.2 Å². The third kappa shape index (κ3) is 4.45. The summed E-state index contributed by atoms with van der Waals surface area (Å²) in [5.41, 5.74) is 1.11. The summed E-state index contributed by atoms with van der Waals surface area (Å²) in [7, 11) is 0. The zero-order valence-electron chi connectivity index (χ0n) is 12.7. The predicted molar refractivity (Wildman–Crippen MR) is 89.0 cm³/mol. The van der Waals surface area contributed by atoms with Crippen molar-refractivity contribution in [1.82, 2.24) is 5.32 Å². The molecule has 0 spiro atoms. The molecule has 2 rings (SSSR count). The van der Waals surface area contributed by atoms with E-state index in [1.54, 1.807) is 24.3 Å². The molecule has 6 nitrogen and oxygen atoms in total. The average molecular weight is 321 g/mol. The Labute approximate surface area is 139 Å². The van der Waals surface area contributed by atoms with Gasteiger partial charge in [-0.1, -0.05) is 42.5 Å². The number of nitrogens with zero attached hydrogens (tertiary/aromatic N) is 1. The minimum atomic E-state index is -1.10. The fraction of sp³-hybridized carbons (Fsp3) is 0.0556. The van der Waals surface area contributed by atoms with Gasteiger partial charge in [0, 0.05) is 12.7 Å². The van der Waals surface area contributed by atoms with Crippen LogP contribution in [0.5, 0.6) is 0 Å². The number of nitriles is 1. The summed E-state index contributed by atoms with van der Waals surface area (Å²) in [6, 6.07) is 17.3. The number of anilines is 1. The first-order valence-electron chi connectivity index (χ1n) is 7.13. The second-order valence-corrected chi connectivity index (χ2v) is 4.83. The highest BCUT2D eigenvalue weighted by Crippen LogP contribution is 2.15. The van der Waals surface area contributed by atoms with Gasteiger partial charge in [0.1, 0.15) is 11.6 Å². The topological polar surface area (TPSA) is 102 Å². The van der Waals surface area contributed by atoms with Gasteiger partial charge in [-0.3, -0.25) is 4.79 Å². The van der Waals surface area contributed by atoms with Gasteiger partial charge in [-0.15, -0.1) is 0 Å². The zero-order chi connectivity index (χ0) is 17.4. The van der Waals surface area contributed by atoms with Crippen LogP contribution in [0.3, 0.4) is 0 Å². The number of carboxylic acids is 1. The summed E-state index contributed by atoms with van der Waals surface area (Å²) in [5.74, 6) is -1.64. The molecule has 0 unspecified atom stereocenters. The number of amides is 1. The van der Waals surface area contributed by atoms with Crippen LogP contribution in [0.25, 0.3) is 0 Å². The average Bonchev–Trinajstić information content (AvgIpc) is 2.61. The van der Waals surface area contributed by atoms with Gasteiger partial charge in [0.05, 0.1) is 11.3 Å². The summed E-state index contributed by atoms with van der Waals surface area (Å²) in [6.07, 6.45) is 1.20. The normalized spacial score (nSPS) is 10.5. The van der Waals surface area contributed by atoms with Crippen LogP contribution in [0, 0.1) is 11.3 Å². The fourth-order valence-corrected chi connectivity index (χ4v) is 1.97. The maximum absolute atomic E-state index is 12.0. The predicted octanol–water partition coefficient (Wildman–Crippen LogP) is 2.52. The number of carbonyl (C=O) groups excluding carboxylic acids is 1. The Morgan fingerprint density at radius 1 is 1.08 bits per heavy atom. The Hall–Kier alpha value is -3.59. The van der Waals surface area contributed by atoms with Gasteiger partial charge in [0.25, 0.3) is 5.91 Å². The second kappa shape index (κ2) is 8.15. The van der Waals surface area contributed by atoms with Gasteiger partial charge in [-0.05, 0) is 17.7 Å². The SMILES string of the molecule is N#C/C(=C/Nc1ccccc1C(=O)O)C(=O)NCc1ccccc1. The molecule has 3 N–H and O–H groups in total. The number of nitrogens with one attached hydrogen (secondary N) is 2. The lowest BCUT2D eigenvalue weighted by atomic mass is 10.2. The second-order valence-electron chi connectivity index (χ2n) is 4.83. The molecular formula is C18H15N3O3. The Balaban J connectivity index is 2.05. The number of para-hydroxylation sites is 1. The molecule has 120 valence electrons. The molecule has 6 heteroatoms. The van der Waals surface area contributed by atoms with Crippen LogP contribution >= 0.6 is 0 Å². The zero-order valence-corrected chi connectivity index (χ0v) is 12.7. The van der Waals surface area contributed by atoms with Crippen molar-refractivity contribution in [2.24, 2.45) is 0 Å². The van der Waals surface area contributed by atoms with E-state index in [9.17, 15) is 9.59 Å². The molecule has 1 amide bonds. The van der Waals surface area contributed by atoms with Gasteiger partial charge in [-0.2, -0.15) is 5.26 Å². The van der Waals surface area contributed by atoms with Gasteiger partial charge in [0.2, 0.25) is 0 Å². The van der Waals surface area contributed by atoms with E-state index in [1.807, 2.05) is 30.3 Å². The molecule has 0 atom stereocenters. The van der Waals surface area contributed by atoms with Crippen LogP contribution in [-0.4, -0.2) is 17.0 Å². The molecule has 0 aliphatic carbocycles. The van der Waals surface area contributed by atoms with E-state index in [1.165, 1.54) is 12.3 Å². The summed E-state index contributed by atoms with van der Waals surface area (Å²) < 4.78 is 0. The van der Waals surface area contributed by atoms with E-state index in [-0.39, 0.29) is 11.1 Å². The quantitative estimate of drug-likeness (QED) is 0.560. The number of hydrogen-bond donors (Lipinski definition) is 3. The molecule has 0 heterocycles. The first-order valence-corrected chi connectivity index (χ1v) is 7.13. The Bertz CT molecular complexity index is 808. The molecule has 24 heavy (non-hydrogen) atoms. The number of benzene rings is 2. The molecular weight excluding hydrogens is 306 g/mol. The van der Waals surface area contributed by atoms with Crippen molar-refractivity contribution >= 4 is 17.6 Å². The molecule has 0 aromatic heterocycles. The molecule has 0 aliphatic rings. The molecule has 0 radical (unpaired) electrons. The minimum absolute atomic E-state index is 0.0516. The van der Waals surface area contributed by atoms with Gasteiger partial charge in [-0.25, -0.2) is 4.79 Å². The van der Waals surface area contributed by atoms with E-state index >= 15 is 0 Å². The third-order valence-corrected chi connectivity index (χ3v) is 3.19. The summed E-state index contributed by atoms with van der Waals surface area (Å²) in [6.45, 7) is 0.296. The lowest BCUT2D eigenvalue weighted by Crippen LogP contribution is -2.24. The fourth-order valence-electron chi connectivity index (χ4n) is 1.97. The molecule has 0 saturated carbocycles. The molecule has 0 bridgehead atoms. The summed E-state index contributed by atoms with van der Waals surface area (Å²) >= 11 is 0. The number of carboxylic acid groups (broad SMARTS) is 1. The maximum Gasteiger partial charge on any atom is 0.337 e. The Morgan fingerprint density at radius 3 is 2.42 bits per heavy atom. The standard InChI is InChI=1S/C18H15N3O3/c19-10-14(17(22)21-11-13-6-2-1-3-7-13)12-20-16-9-5-4-8-15(16)18(23)24/h1-9,12,20H,11H2,(H,21,22)(H,23,24)/b14-12-. The monoisotopic (exact) mass is 321 g/mol. The summed E-state index contributed by atoms with van der Waals surface area (Å²) in [4.78, 5) is 23.2. The molecule has 0 saturated heterocycles. The molecule has 0 aliphatic heterocycles. The first-order chi connectivity index (χ1) is 11.6. The van der Waals surface area contributed by atoms with Gasteiger partial charge < -0.3 is 15.7 Å². The van der Waals surface area contributed by atoms with Crippen LogP contribution in [0.1, 0.15) is 15.9 Å².